The summed E-state index contributed by atoms with van der Waals surface area (Å²) in [5, 5.41) is 6.10. The summed E-state index contributed by atoms with van der Waals surface area (Å²) in [7, 11) is 0. The first-order valence-corrected chi connectivity index (χ1v) is 9.87. The van der Waals surface area contributed by atoms with Crippen molar-refractivity contribution in [1.29, 1.82) is 0 Å². The quantitative estimate of drug-likeness (QED) is 0.680. The van der Waals surface area contributed by atoms with Gasteiger partial charge in [-0.15, -0.1) is 11.3 Å². The van der Waals surface area contributed by atoms with Crippen LogP contribution in [0.15, 0.2) is 52.4 Å². The summed E-state index contributed by atoms with van der Waals surface area (Å²) in [5.74, 6) is 1.84. The number of nitrogens with zero attached hydrogens (tertiary/aromatic N) is 3. The molecule has 0 aliphatic carbocycles. The number of piperidine rings is 1. The van der Waals surface area contributed by atoms with Crippen molar-refractivity contribution in [1.82, 2.24) is 15.0 Å². The molecule has 0 radical (unpaired) electrons. The SMILES string of the molecule is O=C(CCc1ccccc1)N1CCC(c2nc(-c3cccs3)no2)CC1. The molecule has 4 rings (SSSR count). The summed E-state index contributed by atoms with van der Waals surface area (Å²) >= 11 is 1.61. The summed E-state index contributed by atoms with van der Waals surface area (Å²) in [5.41, 5.74) is 1.21. The molecule has 1 saturated heterocycles. The number of amides is 1. The van der Waals surface area contributed by atoms with Gasteiger partial charge >= 0.3 is 0 Å². The van der Waals surface area contributed by atoms with Crippen molar-refractivity contribution in [3.63, 3.8) is 0 Å². The highest BCUT2D eigenvalue weighted by Crippen LogP contribution is 2.29. The number of hydrogen-bond donors (Lipinski definition) is 0. The van der Waals surface area contributed by atoms with E-state index in [-0.39, 0.29) is 11.8 Å². The lowest BCUT2D eigenvalue weighted by atomic mass is 9.96. The summed E-state index contributed by atoms with van der Waals surface area (Å²) < 4.78 is 5.47. The second-order valence-electron chi connectivity index (χ2n) is 6.57. The lowest BCUT2D eigenvalue weighted by Crippen LogP contribution is -2.38. The lowest BCUT2D eigenvalue weighted by Gasteiger charge is -2.30. The molecule has 3 heterocycles. The van der Waals surface area contributed by atoms with Crippen molar-refractivity contribution in [3.8, 4) is 10.7 Å². The molecule has 2 aromatic heterocycles. The Bertz CT molecular complexity index is 837. The molecule has 0 atom stereocenters. The number of rotatable bonds is 5. The van der Waals surface area contributed by atoms with Gasteiger partial charge in [-0.2, -0.15) is 4.98 Å². The van der Waals surface area contributed by atoms with Gasteiger partial charge in [-0.05, 0) is 36.3 Å². The number of aryl methyl sites for hydroxylation is 1. The zero-order valence-electron chi connectivity index (χ0n) is 14.5. The van der Waals surface area contributed by atoms with Gasteiger partial charge in [0, 0.05) is 25.4 Å². The number of likely N-dealkylation sites (tertiary alicyclic amines) is 1. The standard InChI is InChI=1S/C20H21N3O2S/c24-18(9-8-15-5-2-1-3-6-15)23-12-10-16(11-13-23)20-21-19(22-25-20)17-7-4-14-26-17/h1-7,14,16H,8-13H2. The molecule has 0 saturated carbocycles. The van der Waals surface area contributed by atoms with Crippen molar-refractivity contribution in [3.05, 3.63) is 59.3 Å². The minimum atomic E-state index is 0.233. The van der Waals surface area contributed by atoms with E-state index in [1.807, 2.05) is 40.6 Å². The molecule has 6 heteroatoms. The van der Waals surface area contributed by atoms with Crippen LogP contribution < -0.4 is 0 Å². The number of aromatic nitrogens is 2. The third-order valence-electron chi connectivity index (χ3n) is 4.85. The summed E-state index contributed by atoms with van der Waals surface area (Å²) in [6, 6.07) is 14.1. The highest BCUT2D eigenvalue weighted by Gasteiger charge is 2.27. The van der Waals surface area contributed by atoms with Gasteiger partial charge in [0.1, 0.15) is 0 Å². The van der Waals surface area contributed by atoms with Crippen molar-refractivity contribution in [2.75, 3.05) is 13.1 Å². The molecule has 5 nitrogen and oxygen atoms in total. The lowest BCUT2D eigenvalue weighted by molar-refractivity contribution is -0.132. The number of benzene rings is 1. The van der Waals surface area contributed by atoms with E-state index in [1.54, 1.807) is 11.3 Å². The molecule has 0 spiro atoms. The minimum Gasteiger partial charge on any atom is -0.343 e. The molecule has 1 amide bonds. The Kier molecular flexibility index (Phi) is 5.11. The molecule has 1 aliphatic rings. The van der Waals surface area contributed by atoms with Gasteiger partial charge in [0.25, 0.3) is 0 Å². The van der Waals surface area contributed by atoms with E-state index in [0.717, 1.165) is 37.2 Å². The van der Waals surface area contributed by atoms with Gasteiger partial charge in [-0.3, -0.25) is 4.79 Å². The Morgan fingerprint density at radius 2 is 1.96 bits per heavy atom. The van der Waals surface area contributed by atoms with Crippen LogP contribution in [-0.2, 0) is 11.2 Å². The molecule has 1 fully saturated rings. The first-order valence-electron chi connectivity index (χ1n) is 8.99. The molecule has 1 aromatic carbocycles. The molecule has 3 aromatic rings. The first-order chi connectivity index (χ1) is 12.8. The molecule has 26 heavy (non-hydrogen) atoms. The van der Waals surface area contributed by atoms with E-state index >= 15 is 0 Å². The highest BCUT2D eigenvalue weighted by atomic mass is 32.1. The maximum atomic E-state index is 12.5. The second-order valence-corrected chi connectivity index (χ2v) is 7.52. The monoisotopic (exact) mass is 367 g/mol. The van der Waals surface area contributed by atoms with Crippen LogP contribution in [0.3, 0.4) is 0 Å². The zero-order valence-corrected chi connectivity index (χ0v) is 15.3. The average molecular weight is 367 g/mol. The molecule has 134 valence electrons. The molecular weight excluding hydrogens is 346 g/mol. The number of thiophene rings is 1. The fourth-order valence-corrected chi connectivity index (χ4v) is 3.99. The fourth-order valence-electron chi connectivity index (χ4n) is 3.34. The van der Waals surface area contributed by atoms with Gasteiger partial charge in [-0.1, -0.05) is 41.6 Å². The Labute approximate surface area is 156 Å². The summed E-state index contributed by atoms with van der Waals surface area (Å²) in [6.07, 6.45) is 3.12. The maximum absolute atomic E-state index is 12.5. The van der Waals surface area contributed by atoms with Crippen LogP contribution in [0, 0.1) is 0 Å². The largest absolute Gasteiger partial charge is 0.343 e. The van der Waals surface area contributed by atoms with Crippen molar-refractivity contribution >= 4 is 17.2 Å². The van der Waals surface area contributed by atoms with Crippen LogP contribution in [0.2, 0.25) is 0 Å². The van der Waals surface area contributed by atoms with Crippen molar-refractivity contribution < 1.29 is 9.32 Å². The van der Waals surface area contributed by atoms with Gasteiger partial charge in [0.05, 0.1) is 4.88 Å². The molecule has 0 N–H and O–H groups in total. The third-order valence-corrected chi connectivity index (χ3v) is 5.72. The highest BCUT2D eigenvalue weighted by molar-refractivity contribution is 7.13. The Morgan fingerprint density at radius 1 is 1.15 bits per heavy atom. The topological polar surface area (TPSA) is 59.2 Å². The van der Waals surface area contributed by atoms with E-state index < -0.39 is 0 Å². The van der Waals surface area contributed by atoms with Gasteiger partial charge < -0.3 is 9.42 Å². The van der Waals surface area contributed by atoms with Crippen molar-refractivity contribution in [2.24, 2.45) is 0 Å². The smallest absolute Gasteiger partial charge is 0.230 e. The first kappa shape index (κ1) is 17.0. The van der Waals surface area contributed by atoms with Gasteiger partial charge in [0.2, 0.25) is 17.6 Å². The predicted molar refractivity (Wildman–Crippen MR) is 101 cm³/mol. The van der Waals surface area contributed by atoms with Crippen LogP contribution in [0.25, 0.3) is 10.7 Å². The van der Waals surface area contributed by atoms with Crippen LogP contribution in [0.4, 0.5) is 0 Å². The van der Waals surface area contributed by atoms with Crippen LogP contribution in [-0.4, -0.2) is 34.0 Å². The van der Waals surface area contributed by atoms with E-state index in [1.165, 1.54) is 5.56 Å². The summed E-state index contributed by atoms with van der Waals surface area (Å²) in [6.45, 7) is 1.52. The van der Waals surface area contributed by atoms with Crippen LogP contribution in [0.5, 0.6) is 0 Å². The van der Waals surface area contributed by atoms with Crippen molar-refractivity contribution in [2.45, 2.75) is 31.6 Å². The number of carbonyl (C=O) groups excluding carboxylic acids is 1. The average Bonchev–Trinajstić information content (AvgIpc) is 3.38. The molecule has 1 aliphatic heterocycles. The predicted octanol–water partition coefficient (Wildman–Crippen LogP) is 4.14. The molecule has 0 bridgehead atoms. The number of carbonyl (C=O) groups is 1. The Hall–Kier alpha value is -2.47. The number of hydrogen-bond acceptors (Lipinski definition) is 5. The zero-order chi connectivity index (χ0) is 17.8. The maximum Gasteiger partial charge on any atom is 0.230 e. The molecular formula is C20H21N3O2S. The third kappa shape index (κ3) is 3.85. The molecule has 0 unspecified atom stereocenters. The second kappa shape index (κ2) is 7.83. The summed E-state index contributed by atoms with van der Waals surface area (Å²) in [4.78, 5) is 20.0. The van der Waals surface area contributed by atoms with Gasteiger partial charge in [0.15, 0.2) is 0 Å². The Balaban J connectivity index is 1.29. The van der Waals surface area contributed by atoms with Crippen LogP contribution >= 0.6 is 11.3 Å². The minimum absolute atomic E-state index is 0.233. The van der Waals surface area contributed by atoms with E-state index in [0.29, 0.717) is 18.1 Å². The normalized spacial score (nSPS) is 15.3. The van der Waals surface area contributed by atoms with Crippen LogP contribution in [0.1, 0.15) is 36.6 Å². The van der Waals surface area contributed by atoms with E-state index in [2.05, 4.69) is 22.3 Å². The van der Waals surface area contributed by atoms with E-state index in [4.69, 9.17) is 4.52 Å². The van der Waals surface area contributed by atoms with Gasteiger partial charge in [-0.25, -0.2) is 0 Å². The Morgan fingerprint density at radius 3 is 2.69 bits per heavy atom. The fraction of sp³-hybridized carbons (Fsp3) is 0.350. The van der Waals surface area contributed by atoms with E-state index in [9.17, 15) is 4.79 Å².